The minimum Gasteiger partial charge on any atom is -0.314 e. The van der Waals surface area contributed by atoms with Gasteiger partial charge in [0, 0.05) is 18.6 Å². The van der Waals surface area contributed by atoms with Gasteiger partial charge in [0.1, 0.15) is 0 Å². The number of rotatable bonds is 5. The van der Waals surface area contributed by atoms with Crippen LogP contribution < -0.4 is 5.32 Å². The molecule has 1 rings (SSSR count). The lowest BCUT2D eigenvalue weighted by molar-refractivity contribution is -0.149. The number of hydrogen-bond donors (Lipinski definition) is 1. The molecule has 96 valence electrons. The van der Waals surface area contributed by atoms with Crippen molar-refractivity contribution in [1.82, 2.24) is 10.2 Å². The van der Waals surface area contributed by atoms with Gasteiger partial charge >= 0.3 is 6.18 Å². The van der Waals surface area contributed by atoms with E-state index in [4.69, 9.17) is 0 Å². The van der Waals surface area contributed by atoms with Crippen molar-refractivity contribution in [2.45, 2.75) is 51.4 Å². The molecule has 1 aliphatic rings. The molecule has 0 spiro atoms. The molecule has 0 aromatic carbocycles. The fraction of sp³-hybridized carbons (Fsp3) is 1.00. The van der Waals surface area contributed by atoms with Crippen LogP contribution in [0.1, 0.15) is 33.1 Å². The second kappa shape index (κ2) is 5.87. The maximum atomic E-state index is 12.3. The molecule has 1 N–H and O–H groups in total. The summed E-state index contributed by atoms with van der Waals surface area (Å²) in [5.41, 5.74) is 0. The average molecular weight is 238 g/mol. The summed E-state index contributed by atoms with van der Waals surface area (Å²) in [4.78, 5) is 1.50. The van der Waals surface area contributed by atoms with Crippen molar-refractivity contribution in [1.29, 1.82) is 0 Å². The minimum absolute atomic E-state index is 0.0528. The fourth-order valence-corrected chi connectivity index (χ4v) is 2.07. The highest BCUT2D eigenvalue weighted by molar-refractivity contribution is 4.77. The highest BCUT2D eigenvalue weighted by atomic mass is 19.4. The first-order valence-electron chi connectivity index (χ1n) is 5.92. The fourth-order valence-electron chi connectivity index (χ4n) is 2.07. The predicted molar refractivity (Wildman–Crippen MR) is 58.4 cm³/mol. The van der Waals surface area contributed by atoms with E-state index in [9.17, 15) is 13.2 Å². The third kappa shape index (κ3) is 5.16. The molecular formula is C11H21F3N2. The van der Waals surface area contributed by atoms with Crippen molar-refractivity contribution in [3.05, 3.63) is 0 Å². The Kier molecular flexibility index (Phi) is 5.05. The lowest BCUT2D eigenvalue weighted by Crippen LogP contribution is -2.41. The Labute approximate surface area is 95.2 Å². The summed E-state index contributed by atoms with van der Waals surface area (Å²) < 4.78 is 36.9. The van der Waals surface area contributed by atoms with Crippen LogP contribution >= 0.6 is 0 Å². The third-order valence-corrected chi connectivity index (χ3v) is 3.04. The number of halogens is 3. The number of nitrogens with zero attached hydrogens (tertiary/aromatic N) is 1. The van der Waals surface area contributed by atoms with Crippen LogP contribution in [0.3, 0.4) is 0 Å². The van der Waals surface area contributed by atoms with E-state index in [1.807, 2.05) is 13.8 Å². The normalized spacial score (nSPS) is 22.3. The van der Waals surface area contributed by atoms with Crippen molar-refractivity contribution in [3.8, 4) is 0 Å². The van der Waals surface area contributed by atoms with Gasteiger partial charge in [-0.05, 0) is 39.7 Å². The van der Waals surface area contributed by atoms with Gasteiger partial charge in [-0.15, -0.1) is 0 Å². The molecule has 16 heavy (non-hydrogen) atoms. The summed E-state index contributed by atoms with van der Waals surface area (Å²) in [6.07, 6.45) is -1.04. The summed E-state index contributed by atoms with van der Waals surface area (Å²) in [7, 11) is 0. The standard InChI is InChI=1S/C11H21F3N2/c1-9(2)16(8-11(12,13)14)7-5-10-4-3-6-15-10/h9-10,15H,3-8H2,1-2H3. The monoisotopic (exact) mass is 238 g/mol. The quantitative estimate of drug-likeness (QED) is 0.791. The Morgan fingerprint density at radius 2 is 2.06 bits per heavy atom. The van der Waals surface area contributed by atoms with Crippen LogP contribution in [0.25, 0.3) is 0 Å². The predicted octanol–water partition coefficient (Wildman–Crippen LogP) is 2.40. The van der Waals surface area contributed by atoms with Gasteiger partial charge in [0.2, 0.25) is 0 Å². The van der Waals surface area contributed by atoms with Crippen molar-refractivity contribution in [3.63, 3.8) is 0 Å². The molecular weight excluding hydrogens is 217 g/mol. The molecule has 1 saturated heterocycles. The van der Waals surface area contributed by atoms with Crippen LogP contribution in [0.5, 0.6) is 0 Å². The second-order valence-corrected chi connectivity index (χ2v) is 4.76. The van der Waals surface area contributed by atoms with Gasteiger partial charge in [0.15, 0.2) is 0 Å². The maximum Gasteiger partial charge on any atom is 0.401 e. The number of alkyl halides is 3. The van der Waals surface area contributed by atoms with Gasteiger partial charge in [0.05, 0.1) is 6.54 Å². The molecule has 0 radical (unpaired) electrons. The van der Waals surface area contributed by atoms with E-state index in [0.29, 0.717) is 12.6 Å². The zero-order valence-corrected chi connectivity index (χ0v) is 9.98. The molecule has 1 atom stereocenters. The van der Waals surface area contributed by atoms with E-state index >= 15 is 0 Å². The summed E-state index contributed by atoms with van der Waals surface area (Å²) in [6.45, 7) is 4.36. The van der Waals surface area contributed by atoms with Crippen molar-refractivity contribution >= 4 is 0 Å². The van der Waals surface area contributed by atoms with E-state index in [0.717, 1.165) is 25.8 Å². The van der Waals surface area contributed by atoms with E-state index in [2.05, 4.69) is 5.32 Å². The van der Waals surface area contributed by atoms with Crippen LogP contribution in [-0.2, 0) is 0 Å². The Hall–Kier alpha value is -0.290. The van der Waals surface area contributed by atoms with Crippen LogP contribution in [0, 0.1) is 0 Å². The van der Waals surface area contributed by atoms with E-state index in [1.54, 1.807) is 0 Å². The van der Waals surface area contributed by atoms with Crippen LogP contribution in [0.15, 0.2) is 0 Å². The summed E-state index contributed by atoms with van der Waals surface area (Å²) >= 11 is 0. The summed E-state index contributed by atoms with van der Waals surface area (Å²) in [5, 5.41) is 3.31. The molecule has 0 saturated carbocycles. The van der Waals surface area contributed by atoms with Crippen LogP contribution in [0.4, 0.5) is 13.2 Å². The summed E-state index contributed by atoms with van der Waals surface area (Å²) in [5.74, 6) is 0. The molecule has 0 aromatic rings. The first-order chi connectivity index (χ1) is 7.38. The maximum absolute atomic E-state index is 12.3. The topological polar surface area (TPSA) is 15.3 Å². The van der Waals surface area contributed by atoms with Gasteiger partial charge < -0.3 is 5.32 Å². The second-order valence-electron chi connectivity index (χ2n) is 4.76. The molecule has 1 heterocycles. The number of nitrogens with one attached hydrogen (secondary N) is 1. The van der Waals surface area contributed by atoms with Gasteiger partial charge in [-0.1, -0.05) is 0 Å². The van der Waals surface area contributed by atoms with E-state index < -0.39 is 12.7 Å². The Balaban J connectivity index is 2.32. The smallest absolute Gasteiger partial charge is 0.314 e. The summed E-state index contributed by atoms with van der Waals surface area (Å²) in [6, 6.07) is 0.359. The van der Waals surface area contributed by atoms with Gasteiger partial charge in [-0.2, -0.15) is 13.2 Å². The van der Waals surface area contributed by atoms with Crippen molar-refractivity contribution < 1.29 is 13.2 Å². The SMILES string of the molecule is CC(C)N(CCC1CCCN1)CC(F)(F)F. The van der Waals surface area contributed by atoms with E-state index in [1.165, 1.54) is 4.90 Å². The molecule has 1 unspecified atom stereocenters. The average Bonchev–Trinajstić information content (AvgIpc) is 2.62. The highest BCUT2D eigenvalue weighted by Gasteiger charge is 2.31. The Morgan fingerprint density at radius 3 is 2.50 bits per heavy atom. The highest BCUT2D eigenvalue weighted by Crippen LogP contribution is 2.19. The lowest BCUT2D eigenvalue weighted by Gasteiger charge is -2.28. The van der Waals surface area contributed by atoms with Gasteiger partial charge in [0.25, 0.3) is 0 Å². The van der Waals surface area contributed by atoms with Crippen molar-refractivity contribution in [2.75, 3.05) is 19.6 Å². The molecule has 0 bridgehead atoms. The van der Waals surface area contributed by atoms with Crippen LogP contribution in [0.2, 0.25) is 0 Å². The largest absolute Gasteiger partial charge is 0.401 e. The molecule has 0 aliphatic carbocycles. The molecule has 0 amide bonds. The molecule has 0 aromatic heterocycles. The Morgan fingerprint density at radius 1 is 1.38 bits per heavy atom. The molecule has 2 nitrogen and oxygen atoms in total. The number of hydrogen-bond acceptors (Lipinski definition) is 2. The zero-order chi connectivity index (χ0) is 12.2. The third-order valence-electron chi connectivity index (χ3n) is 3.04. The molecule has 1 aliphatic heterocycles. The first kappa shape index (κ1) is 13.8. The molecule has 5 heteroatoms. The lowest BCUT2D eigenvalue weighted by atomic mass is 10.1. The zero-order valence-electron chi connectivity index (χ0n) is 9.98. The van der Waals surface area contributed by atoms with Crippen molar-refractivity contribution in [2.24, 2.45) is 0 Å². The minimum atomic E-state index is -4.09. The van der Waals surface area contributed by atoms with Gasteiger partial charge in [-0.3, -0.25) is 4.90 Å². The van der Waals surface area contributed by atoms with E-state index in [-0.39, 0.29) is 6.04 Å². The first-order valence-corrected chi connectivity index (χ1v) is 5.92. The van der Waals surface area contributed by atoms with Crippen LogP contribution in [-0.4, -0.2) is 42.8 Å². The van der Waals surface area contributed by atoms with Gasteiger partial charge in [-0.25, -0.2) is 0 Å². The Bertz CT molecular complexity index is 198. The molecule has 1 fully saturated rings.